The lowest BCUT2D eigenvalue weighted by atomic mass is 10.1. The Morgan fingerprint density at radius 1 is 0.875 bits per heavy atom. The molecule has 0 radical (unpaired) electrons. The number of ether oxygens (including phenoxy) is 2. The molecule has 0 spiro atoms. The first kappa shape index (κ1) is 27.9. The van der Waals surface area contributed by atoms with E-state index in [0.717, 1.165) is 25.7 Å². The first-order valence-corrected chi connectivity index (χ1v) is 12.4. The molecule has 0 saturated heterocycles. The smallest absolute Gasteiger partial charge is 0.224 e. The zero-order valence-corrected chi connectivity index (χ0v) is 20.8. The van der Waals surface area contributed by atoms with Crippen LogP contribution in [-0.4, -0.2) is 25.2 Å². The number of aromatic hydroxyl groups is 1. The van der Waals surface area contributed by atoms with Crippen molar-refractivity contribution >= 4 is 11.6 Å². The average Bonchev–Trinajstić information content (AvgIpc) is 2.78. The number of hydrogen-bond donors (Lipinski definition) is 2. The van der Waals surface area contributed by atoms with Gasteiger partial charge < -0.3 is 19.9 Å². The van der Waals surface area contributed by atoms with Crippen LogP contribution in [0.15, 0.2) is 18.2 Å². The summed E-state index contributed by atoms with van der Waals surface area (Å²) in [5.74, 6) is 0.560. The molecule has 0 aliphatic rings. The molecule has 5 heteroatoms. The Kier molecular flexibility index (Phi) is 15.1. The van der Waals surface area contributed by atoms with Crippen molar-refractivity contribution in [2.24, 2.45) is 0 Å². The summed E-state index contributed by atoms with van der Waals surface area (Å²) in [5, 5.41) is 13.0. The number of carbonyl (C=O) groups is 1. The number of anilines is 1. The fraction of sp³-hybridized carbons (Fsp3) is 0.667. The molecule has 1 aromatic rings. The quantitative estimate of drug-likeness (QED) is 0.137. The molecule has 182 valence electrons. The monoisotopic (exact) mass is 447 g/mol. The third kappa shape index (κ3) is 10.9. The number of phenols is 1. The normalized spacial score (nSPS) is 11.1. The summed E-state index contributed by atoms with van der Waals surface area (Å²) >= 11 is 0. The largest absolute Gasteiger partial charge is 0.504 e. The maximum Gasteiger partial charge on any atom is 0.224 e. The minimum atomic E-state index is -0.0481. The molecule has 0 fully saturated rings. The van der Waals surface area contributed by atoms with Gasteiger partial charge in [-0.05, 0) is 50.7 Å². The molecule has 1 aromatic carbocycles. The highest BCUT2D eigenvalue weighted by Crippen LogP contribution is 2.44. The number of aryl methyl sites for hydroxylation is 1. The first-order chi connectivity index (χ1) is 15.5. The van der Waals surface area contributed by atoms with Gasteiger partial charge in [-0.3, -0.25) is 4.79 Å². The van der Waals surface area contributed by atoms with Crippen LogP contribution < -0.4 is 14.8 Å². The van der Waals surface area contributed by atoms with E-state index in [0.29, 0.717) is 23.4 Å². The second-order valence-corrected chi connectivity index (χ2v) is 8.54. The van der Waals surface area contributed by atoms with Crippen molar-refractivity contribution in [3.8, 4) is 17.2 Å². The van der Waals surface area contributed by atoms with Gasteiger partial charge in [0.15, 0.2) is 11.5 Å². The summed E-state index contributed by atoms with van der Waals surface area (Å²) in [6.45, 7) is 4.02. The van der Waals surface area contributed by atoms with E-state index in [4.69, 9.17) is 9.47 Å². The van der Waals surface area contributed by atoms with Gasteiger partial charge in [0.1, 0.15) is 0 Å². The summed E-state index contributed by atoms with van der Waals surface area (Å²) in [4.78, 5) is 12.3. The van der Waals surface area contributed by atoms with Crippen molar-refractivity contribution in [2.45, 2.75) is 104 Å². The van der Waals surface area contributed by atoms with Gasteiger partial charge in [-0.15, -0.1) is 0 Å². The fourth-order valence-corrected chi connectivity index (χ4v) is 3.81. The maximum atomic E-state index is 12.3. The highest BCUT2D eigenvalue weighted by Gasteiger charge is 2.18. The molecule has 0 atom stereocenters. The lowest BCUT2D eigenvalue weighted by molar-refractivity contribution is -0.116. The van der Waals surface area contributed by atoms with Crippen molar-refractivity contribution in [3.05, 3.63) is 23.8 Å². The maximum absolute atomic E-state index is 12.3. The standard InChI is InChI=1S/C27H45NO4/c1-5-6-7-8-9-10-11-12-13-14-15-16-17-18-19-20-24(29)28-23-21-22(2)25(30)27(32-4)26(23)31-3/h12-13,21,30H,5-11,14-20H2,1-4H3,(H,28,29). The van der Waals surface area contributed by atoms with Crippen LogP contribution in [0.1, 0.15) is 102 Å². The summed E-state index contributed by atoms with van der Waals surface area (Å²) in [6, 6.07) is 1.70. The van der Waals surface area contributed by atoms with Crippen molar-refractivity contribution < 1.29 is 19.4 Å². The molecule has 1 rings (SSSR count). The predicted molar refractivity (Wildman–Crippen MR) is 134 cm³/mol. The minimum absolute atomic E-state index is 0.0274. The Hall–Kier alpha value is -2.17. The van der Waals surface area contributed by atoms with Gasteiger partial charge in [0.2, 0.25) is 11.7 Å². The van der Waals surface area contributed by atoms with Gasteiger partial charge in [0, 0.05) is 6.42 Å². The summed E-state index contributed by atoms with van der Waals surface area (Å²) < 4.78 is 10.6. The molecule has 0 saturated carbocycles. The Labute approximate surface area is 195 Å². The van der Waals surface area contributed by atoms with Crippen LogP contribution in [-0.2, 0) is 4.79 Å². The number of hydrogen-bond acceptors (Lipinski definition) is 4. The van der Waals surface area contributed by atoms with Gasteiger partial charge in [-0.25, -0.2) is 0 Å². The van der Waals surface area contributed by atoms with Gasteiger partial charge >= 0.3 is 0 Å². The van der Waals surface area contributed by atoms with E-state index in [-0.39, 0.29) is 17.4 Å². The summed E-state index contributed by atoms with van der Waals surface area (Å²) in [7, 11) is 2.96. The topological polar surface area (TPSA) is 67.8 Å². The molecular formula is C27H45NO4. The molecule has 5 nitrogen and oxygen atoms in total. The van der Waals surface area contributed by atoms with Crippen LogP contribution >= 0.6 is 0 Å². The van der Waals surface area contributed by atoms with Crippen molar-refractivity contribution in [2.75, 3.05) is 19.5 Å². The second kappa shape index (κ2) is 17.4. The molecule has 0 bridgehead atoms. The van der Waals surface area contributed by atoms with Gasteiger partial charge in [-0.2, -0.15) is 0 Å². The molecule has 2 N–H and O–H groups in total. The van der Waals surface area contributed by atoms with Crippen LogP contribution in [0.5, 0.6) is 17.2 Å². The number of unbranched alkanes of at least 4 members (excludes halogenated alkanes) is 11. The fourth-order valence-electron chi connectivity index (χ4n) is 3.81. The van der Waals surface area contributed by atoms with E-state index >= 15 is 0 Å². The number of phenolic OH excluding ortho intramolecular Hbond substituents is 1. The van der Waals surface area contributed by atoms with Crippen LogP contribution in [0.2, 0.25) is 0 Å². The number of allylic oxidation sites excluding steroid dienone is 2. The third-order valence-electron chi connectivity index (χ3n) is 5.75. The third-order valence-corrected chi connectivity index (χ3v) is 5.75. The molecule has 1 amide bonds. The number of benzene rings is 1. The van der Waals surface area contributed by atoms with Crippen molar-refractivity contribution in [1.29, 1.82) is 0 Å². The van der Waals surface area contributed by atoms with Crippen molar-refractivity contribution in [3.63, 3.8) is 0 Å². The van der Waals surface area contributed by atoms with Gasteiger partial charge in [0.25, 0.3) is 0 Å². The van der Waals surface area contributed by atoms with Crippen LogP contribution in [0.4, 0.5) is 5.69 Å². The lowest BCUT2D eigenvalue weighted by Gasteiger charge is -2.16. The Morgan fingerprint density at radius 3 is 1.97 bits per heavy atom. The summed E-state index contributed by atoms with van der Waals surface area (Å²) in [6.07, 6.45) is 21.2. The highest BCUT2D eigenvalue weighted by atomic mass is 16.5. The first-order valence-electron chi connectivity index (χ1n) is 12.4. The predicted octanol–water partition coefficient (Wildman–Crippen LogP) is 7.69. The van der Waals surface area contributed by atoms with E-state index in [2.05, 4.69) is 24.4 Å². The SMILES string of the molecule is CCCCCCCCC=CCCCCCCCC(=O)Nc1cc(C)c(O)c(OC)c1OC. The number of methoxy groups -OCH3 is 2. The second-order valence-electron chi connectivity index (χ2n) is 8.54. The number of rotatable bonds is 18. The molecule has 0 unspecified atom stereocenters. The molecule has 0 heterocycles. The Balaban J connectivity index is 2.14. The van der Waals surface area contributed by atoms with E-state index in [9.17, 15) is 9.90 Å². The molecule has 0 aromatic heterocycles. The highest BCUT2D eigenvalue weighted by molar-refractivity contribution is 5.93. The van der Waals surface area contributed by atoms with E-state index in [1.807, 2.05) is 0 Å². The number of carbonyl (C=O) groups excluding carboxylic acids is 1. The molecule has 0 aliphatic carbocycles. The van der Waals surface area contributed by atoms with Crippen LogP contribution in [0.25, 0.3) is 0 Å². The van der Waals surface area contributed by atoms with Crippen molar-refractivity contribution in [1.82, 2.24) is 0 Å². The van der Waals surface area contributed by atoms with E-state index in [1.54, 1.807) is 13.0 Å². The lowest BCUT2D eigenvalue weighted by Crippen LogP contribution is -2.12. The van der Waals surface area contributed by atoms with Gasteiger partial charge in [0.05, 0.1) is 19.9 Å². The Morgan fingerprint density at radius 2 is 1.41 bits per heavy atom. The molecule has 0 aliphatic heterocycles. The minimum Gasteiger partial charge on any atom is -0.504 e. The van der Waals surface area contributed by atoms with Crippen LogP contribution in [0.3, 0.4) is 0 Å². The number of nitrogens with one attached hydrogen (secondary N) is 1. The van der Waals surface area contributed by atoms with Gasteiger partial charge in [-0.1, -0.05) is 70.4 Å². The molecule has 32 heavy (non-hydrogen) atoms. The van der Waals surface area contributed by atoms with E-state index < -0.39 is 0 Å². The summed E-state index contributed by atoms with van der Waals surface area (Å²) in [5.41, 5.74) is 1.15. The number of amides is 1. The van der Waals surface area contributed by atoms with Crippen LogP contribution in [0, 0.1) is 6.92 Å². The zero-order valence-electron chi connectivity index (χ0n) is 20.8. The Bertz CT molecular complexity index is 685. The average molecular weight is 448 g/mol. The zero-order chi connectivity index (χ0) is 23.6. The van der Waals surface area contributed by atoms with E-state index in [1.165, 1.54) is 72.0 Å². The molecular weight excluding hydrogens is 402 g/mol.